The third-order valence-electron chi connectivity index (χ3n) is 6.94. The van der Waals surface area contributed by atoms with Crippen LogP contribution in [0.5, 0.6) is 0 Å². The highest BCUT2D eigenvalue weighted by Crippen LogP contribution is 2.32. The molecule has 196 valence electrons. The molecule has 1 unspecified atom stereocenters. The first-order chi connectivity index (χ1) is 18.8. The Bertz CT molecular complexity index is 1700. The van der Waals surface area contributed by atoms with E-state index in [-0.39, 0.29) is 23.4 Å². The maximum absolute atomic E-state index is 13.4. The van der Waals surface area contributed by atoms with Crippen molar-refractivity contribution in [1.29, 1.82) is 0 Å². The molecule has 0 radical (unpaired) electrons. The third-order valence-corrected chi connectivity index (χ3v) is 6.94. The fraction of sp³-hybridized carbons (Fsp3) is 0.182. The Balaban J connectivity index is 1.50. The predicted octanol–water partition coefficient (Wildman–Crippen LogP) is 7.14. The first-order valence-corrected chi connectivity index (χ1v) is 13.0. The molecule has 2 N–H and O–H groups in total. The number of aromatic nitrogens is 1. The van der Waals surface area contributed by atoms with Gasteiger partial charge in [-0.25, -0.2) is 4.98 Å². The van der Waals surface area contributed by atoms with E-state index in [1.165, 1.54) is 0 Å². The fourth-order valence-corrected chi connectivity index (χ4v) is 4.86. The van der Waals surface area contributed by atoms with E-state index in [2.05, 4.69) is 15.6 Å². The highest BCUT2D eigenvalue weighted by molar-refractivity contribution is 5.98. The Labute approximate surface area is 227 Å². The highest BCUT2D eigenvalue weighted by atomic mass is 16.3. The minimum atomic E-state index is -0.288. The molecular weight excluding hydrogens is 486 g/mol. The van der Waals surface area contributed by atoms with E-state index in [1.54, 1.807) is 19.2 Å². The first kappa shape index (κ1) is 25.9. The van der Waals surface area contributed by atoms with Gasteiger partial charge in [0.2, 0.25) is 0 Å². The van der Waals surface area contributed by atoms with Crippen molar-refractivity contribution >= 4 is 22.6 Å². The van der Waals surface area contributed by atoms with Crippen LogP contribution in [0.1, 0.15) is 58.7 Å². The zero-order chi connectivity index (χ0) is 27.5. The van der Waals surface area contributed by atoms with Gasteiger partial charge in [0, 0.05) is 22.9 Å². The van der Waals surface area contributed by atoms with E-state index < -0.39 is 0 Å². The molecule has 2 atom stereocenters. The number of nitrogens with zero attached hydrogens (tertiary/aromatic N) is 1. The first-order valence-electron chi connectivity index (χ1n) is 13.0. The molecule has 0 aliphatic rings. The quantitative estimate of drug-likeness (QED) is 0.240. The van der Waals surface area contributed by atoms with Gasteiger partial charge in [-0.15, -0.1) is 0 Å². The topological polar surface area (TPSA) is 84.2 Å². The molecule has 6 heteroatoms. The lowest BCUT2D eigenvalue weighted by molar-refractivity contribution is 0.0935. The molecule has 0 bridgehead atoms. The number of anilines is 1. The van der Waals surface area contributed by atoms with Gasteiger partial charge in [-0.05, 0) is 57.0 Å². The summed E-state index contributed by atoms with van der Waals surface area (Å²) in [7, 11) is 0. The molecule has 0 saturated heterocycles. The molecule has 2 heterocycles. The van der Waals surface area contributed by atoms with Crippen LogP contribution < -0.4 is 16.1 Å². The van der Waals surface area contributed by atoms with Crippen LogP contribution in [0.2, 0.25) is 0 Å². The van der Waals surface area contributed by atoms with Crippen LogP contribution in [0.15, 0.2) is 100 Å². The molecule has 0 aliphatic carbocycles. The normalized spacial score (nSPS) is 12.6. The van der Waals surface area contributed by atoms with Crippen LogP contribution in [0.4, 0.5) is 5.69 Å². The highest BCUT2D eigenvalue weighted by Gasteiger charge is 2.21. The van der Waals surface area contributed by atoms with Gasteiger partial charge >= 0.3 is 0 Å². The van der Waals surface area contributed by atoms with Crippen LogP contribution in [-0.2, 0) is 0 Å². The van der Waals surface area contributed by atoms with Crippen molar-refractivity contribution in [2.45, 2.75) is 39.8 Å². The minimum Gasteiger partial charge on any atom is -0.455 e. The maximum atomic E-state index is 13.4. The van der Waals surface area contributed by atoms with Gasteiger partial charge in [0.1, 0.15) is 11.3 Å². The van der Waals surface area contributed by atoms with Gasteiger partial charge in [-0.1, -0.05) is 66.7 Å². The van der Waals surface area contributed by atoms with Crippen LogP contribution in [0, 0.1) is 13.8 Å². The molecule has 2 aromatic heterocycles. The molecule has 5 rings (SSSR count). The number of amides is 1. The summed E-state index contributed by atoms with van der Waals surface area (Å²) in [4.78, 5) is 31.1. The van der Waals surface area contributed by atoms with Gasteiger partial charge in [0.25, 0.3) is 5.91 Å². The molecule has 0 spiro atoms. The van der Waals surface area contributed by atoms with Gasteiger partial charge < -0.3 is 15.1 Å². The molecule has 0 saturated carbocycles. The van der Waals surface area contributed by atoms with Gasteiger partial charge in [-0.3, -0.25) is 9.59 Å². The summed E-state index contributed by atoms with van der Waals surface area (Å²) < 4.78 is 6.45. The number of rotatable bonds is 7. The Kier molecular flexibility index (Phi) is 7.28. The van der Waals surface area contributed by atoms with E-state index in [0.717, 1.165) is 22.3 Å². The molecule has 39 heavy (non-hydrogen) atoms. The van der Waals surface area contributed by atoms with Gasteiger partial charge in [0.15, 0.2) is 11.1 Å². The predicted molar refractivity (Wildman–Crippen MR) is 156 cm³/mol. The number of fused-ring (bicyclic) bond motifs is 1. The summed E-state index contributed by atoms with van der Waals surface area (Å²) in [6.45, 7) is 7.69. The molecule has 1 amide bonds. The van der Waals surface area contributed by atoms with Crippen LogP contribution in [0.3, 0.4) is 0 Å². The molecule has 6 nitrogen and oxygen atoms in total. The molecule has 0 aliphatic heterocycles. The minimum absolute atomic E-state index is 0.0522. The molecule has 0 fully saturated rings. The Morgan fingerprint density at radius 3 is 2.28 bits per heavy atom. The average Bonchev–Trinajstić information content (AvgIpc) is 2.96. The third kappa shape index (κ3) is 5.32. The SMILES string of the molecule is Cc1cc(C(C)Nc2cccnc2C(=O)N[C@H](C)c2ccccc2)c2oc(-c3ccccc3)c(C)c(=O)c2c1. The fourth-order valence-electron chi connectivity index (χ4n) is 4.86. The second-order valence-electron chi connectivity index (χ2n) is 9.85. The smallest absolute Gasteiger partial charge is 0.272 e. The Morgan fingerprint density at radius 1 is 0.872 bits per heavy atom. The monoisotopic (exact) mass is 517 g/mol. The van der Waals surface area contributed by atoms with E-state index in [0.29, 0.717) is 33.7 Å². The number of carbonyl (C=O) groups is 1. The standard InChI is InChI=1S/C33H31N3O3/c1-20-18-26(32-27(19-20)30(37)21(2)31(39-32)25-14-9-6-10-15-25)23(4)35-28-16-11-17-34-29(28)33(38)36-22(3)24-12-7-5-8-13-24/h5-19,22-23,35H,1-4H3,(H,36,38)/t22-,23?/m1/s1. The summed E-state index contributed by atoms with van der Waals surface area (Å²) in [6, 6.07) is 26.5. The van der Waals surface area contributed by atoms with Crippen molar-refractivity contribution in [3.63, 3.8) is 0 Å². The molecular formula is C33H31N3O3. The summed E-state index contributed by atoms with van der Waals surface area (Å²) in [6.07, 6.45) is 1.61. The second kappa shape index (κ2) is 11.0. The average molecular weight is 518 g/mol. The van der Waals surface area contributed by atoms with Crippen LogP contribution in [0.25, 0.3) is 22.3 Å². The number of carbonyl (C=O) groups excluding carboxylic acids is 1. The molecule has 3 aromatic carbocycles. The number of pyridine rings is 1. The van der Waals surface area contributed by atoms with Crippen LogP contribution >= 0.6 is 0 Å². The Hall–Kier alpha value is -4.71. The van der Waals surface area contributed by atoms with Crippen molar-refractivity contribution in [2.75, 3.05) is 5.32 Å². The molecule has 5 aromatic rings. The Morgan fingerprint density at radius 2 is 1.56 bits per heavy atom. The van der Waals surface area contributed by atoms with E-state index in [4.69, 9.17) is 4.42 Å². The van der Waals surface area contributed by atoms with E-state index in [9.17, 15) is 9.59 Å². The summed E-state index contributed by atoms with van der Waals surface area (Å²) in [5, 5.41) is 7.03. The largest absolute Gasteiger partial charge is 0.455 e. The summed E-state index contributed by atoms with van der Waals surface area (Å²) in [5.41, 5.74) is 5.57. The van der Waals surface area contributed by atoms with Crippen molar-refractivity contribution in [3.8, 4) is 11.3 Å². The second-order valence-corrected chi connectivity index (χ2v) is 9.85. The van der Waals surface area contributed by atoms with E-state index in [1.807, 2.05) is 99.6 Å². The lowest BCUT2D eigenvalue weighted by Crippen LogP contribution is -2.28. The van der Waals surface area contributed by atoms with Crippen molar-refractivity contribution in [2.24, 2.45) is 0 Å². The zero-order valence-electron chi connectivity index (χ0n) is 22.5. The van der Waals surface area contributed by atoms with Crippen molar-refractivity contribution in [3.05, 3.63) is 129 Å². The van der Waals surface area contributed by atoms with Crippen molar-refractivity contribution in [1.82, 2.24) is 10.3 Å². The number of nitrogens with one attached hydrogen (secondary N) is 2. The number of hydrogen-bond acceptors (Lipinski definition) is 5. The zero-order valence-corrected chi connectivity index (χ0v) is 22.5. The number of benzene rings is 3. The lowest BCUT2D eigenvalue weighted by atomic mass is 9.98. The number of hydrogen-bond donors (Lipinski definition) is 2. The van der Waals surface area contributed by atoms with Gasteiger partial charge in [0.05, 0.1) is 23.2 Å². The maximum Gasteiger partial charge on any atom is 0.272 e. The van der Waals surface area contributed by atoms with Crippen molar-refractivity contribution < 1.29 is 9.21 Å². The lowest BCUT2D eigenvalue weighted by Gasteiger charge is -2.21. The summed E-state index contributed by atoms with van der Waals surface area (Å²) in [5.74, 6) is 0.283. The van der Waals surface area contributed by atoms with Gasteiger partial charge in [-0.2, -0.15) is 0 Å². The van der Waals surface area contributed by atoms with E-state index >= 15 is 0 Å². The number of aryl methyl sites for hydroxylation is 1. The van der Waals surface area contributed by atoms with Crippen LogP contribution in [-0.4, -0.2) is 10.9 Å². The summed E-state index contributed by atoms with van der Waals surface area (Å²) >= 11 is 0.